The SMILES string of the molecule is COCCC(C)Nc1nc(C)ns1. The number of anilines is 1. The molecule has 1 rings (SSSR count). The Morgan fingerprint density at radius 2 is 2.38 bits per heavy atom. The number of methoxy groups -OCH3 is 1. The molecule has 0 saturated heterocycles. The van der Waals surface area contributed by atoms with E-state index in [0.717, 1.165) is 24.0 Å². The van der Waals surface area contributed by atoms with Gasteiger partial charge in [0.15, 0.2) is 0 Å². The van der Waals surface area contributed by atoms with Gasteiger partial charge >= 0.3 is 0 Å². The van der Waals surface area contributed by atoms with Gasteiger partial charge in [-0.1, -0.05) is 0 Å². The van der Waals surface area contributed by atoms with Crippen molar-refractivity contribution in [1.29, 1.82) is 0 Å². The van der Waals surface area contributed by atoms with E-state index in [9.17, 15) is 0 Å². The molecule has 0 saturated carbocycles. The molecule has 0 fully saturated rings. The monoisotopic (exact) mass is 201 g/mol. The molecule has 1 N–H and O–H groups in total. The standard InChI is InChI=1S/C8H15N3OS/c1-6(4-5-12-3)9-8-10-7(2)11-13-8/h6H,4-5H2,1-3H3,(H,9,10,11). The molecule has 0 aromatic carbocycles. The molecule has 1 heterocycles. The van der Waals surface area contributed by atoms with E-state index in [4.69, 9.17) is 4.74 Å². The summed E-state index contributed by atoms with van der Waals surface area (Å²) in [6.07, 6.45) is 0.981. The molecule has 0 aliphatic rings. The minimum Gasteiger partial charge on any atom is -0.385 e. The van der Waals surface area contributed by atoms with Crippen LogP contribution in [0.4, 0.5) is 5.13 Å². The van der Waals surface area contributed by atoms with E-state index in [1.165, 1.54) is 11.5 Å². The molecule has 0 spiro atoms. The summed E-state index contributed by atoms with van der Waals surface area (Å²) in [6, 6.07) is 0.382. The molecule has 1 unspecified atom stereocenters. The zero-order valence-electron chi connectivity index (χ0n) is 8.20. The first kappa shape index (κ1) is 10.4. The highest BCUT2D eigenvalue weighted by Crippen LogP contribution is 2.12. The van der Waals surface area contributed by atoms with Crippen molar-refractivity contribution < 1.29 is 4.74 Å². The Hall–Kier alpha value is -0.680. The van der Waals surface area contributed by atoms with E-state index in [1.807, 2.05) is 6.92 Å². The van der Waals surface area contributed by atoms with Gasteiger partial charge < -0.3 is 10.1 Å². The molecule has 1 aromatic rings. The second-order valence-corrected chi connectivity index (χ2v) is 3.73. The number of ether oxygens (including phenoxy) is 1. The van der Waals surface area contributed by atoms with Crippen LogP contribution in [0.25, 0.3) is 0 Å². The largest absolute Gasteiger partial charge is 0.385 e. The fraction of sp³-hybridized carbons (Fsp3) is 0.750. The van der Waals surface area contributed by atoms with Crippen molar-refractivity contribution in [3.05, 3.63) is 5.82 Å². The lowest BCUT2D eigenvalue weighted by Gasteiger charge is -2.10. The van der Waals surface area contributed by atoms with Crippen LogP contribution in [0.1, 0.15) is 19.2 Å². The third-order valence-electron chi connectivity index (χ3n) is 1.65. The first-order valence-corrected chi connectivity index (χ1v) is 5.05. The molecule has 5 heteroatoms. The smallest absolute Gasteiger partial charge is 0.202 e. The van der Waals surface area contributed by atoms with Crippen molar-refractivity contribution >= 4 is 16.7 Å². The lowest BCUT2D eigenvalue weighted by Crippen LogP contribution is -2.16. The van der Waals surface area contributed by atoms with Gasteiger partial charge in [-0.2, -0.15) is 4.37 Å². The molecular formula is C8H15N3OS. The number of hydrogen-bond acceptors (Lipinski definition) is 5. The number of nitrogens with zero attached hydrogens (tertiary/aromatic N) is 2. The number of hydrogen-bond donors (Lipinski definition) is 1. The van der Waals surface area contributed by atoms with Crippen LogP contribution >= 0.6 is 11.5 Å². The maximum atomic E-state index is 4.98. The summed E-state index contributed by atoms with van der Waals surface area (Å²) in [5, 5.41) is 4.15. The normalized spacial score (nSPS) is 12.8. The van der Waals surface area contributed by atoms with Gasteiger partial charge in [-0.3, -0.25) is 0 Å². The Morgan fingerprint density at radius 3 is 2.92 bits per heavy atom. The highest BCUT2D eigenvalue weighted by atomic mass is 32.1. The van der Waals surface area contributed by atoms with Gasteiger partial charge in [0.05, 0.1) is 0 Å². The van der Waals surface area contributed by atoms with E-state index in [1.54, 1.807) is 7.11 Å². The number of aromatic nitrogens is 2. The van der Waals surface area contributed by atoms with Crippen LogP contribution in [0, 0.1) is 6.92 Å². The summed E-state index contributed by atoms with van der Waals surface area (Å²) in [7, 11) is 1.71. The molecule has 0 aliphatic heterocycles. The molecule has 4 nitrogen and oxygen atoms in total. The minimum atomic E-state index is 0.382. The maximum absolute atomic E-state index is 4.98. The quantitative estimate of drug-likeness (QED) is 0.787. The molecule has 1 atom stereocenters. The summed E-state index contributed by atoms with van der Waals surface area (Å²) in [6.45, 7) is 4.77. The van der Waals surface area contributed by atoms with Gasteiger partial charge in [-0.25, -0.2) is 4.98 Å². The lowest BCUT2D eigenvalue weighted by molar-refractivity contribution is 0.191. The summed E-state index contributed by atoms with van der Waals surface area (Å²) in [5.41, 5.74) is 0. The van der Waals surface area contributed by atoms with E-state index < -0.39 is 0 Å². The van der Waals surface area contributed by atoms with Gasteiger partial charge in [-0.05, 0) is 20.3 Å². The fourth-order valence-corrected chi connectivity index (χ4v) is 1.62. The predicted octanol–water partition coefficient (Wildman–Crippen LogP) is 1.68. The summed E-state index contributed by atoms with van der Waals surface area (Å²) in [5.74, 6) is 0.825. The Balaban J connectivity index is 2.31. The van der Waals surface area contributed by atoms with E-state index >= 15 is 0 Å². The van der Waals surface area contributed by atoms with Crippen LogP contribution in [-0.4, -0.2) is 29.1 Å². The molecule has 13 heavy (non-hydrogen) atoms. The Bertz CT molecular complexity index is 251. The Labute approximate surface area is 82.5 Å². The van der Waals surface area contributed by atoms with E-state index in [2.05, 4.69) is 21.6 Å². The molecule has 0 radical (unpaired) electrons. The van der Waals surface area contributed by atoms with Gasteiger partial charge in [-0.15, -0.1) is 0 Å². The van der Waals surface area contributed by atoms with Crippen LogP contribution in [0.2, 0.25) is 0 Å². The van der Waals surface area contributed by atoms with Crippen molar-refractivity contribution in [2.24, 2.45) is 0 Å². The summed E-state index contributed by atoms with van der Waals surface area (Å²) < 4.78 is 9.07. The van der Waals surface area contributed by atoms with Gasteiger partial charge in [0.25, 0.3) is 0 Å². The third-order valence-corrected chi connectivity index (χ3v) is 2.39. The highest BCUT2D eigenvalue weighted by Gasteiger charge is 2.04. The van der Waals surface area contributed by atoms with Crippen LogP contribution in [-0.2, 0) is 4.74 Å². The molecule has 0 amide bonds. The Morgan fingerprint density at radius 1 is 1.62 bits per heavy atom. The zero-order chi connectivity index (χ0) is 9.68. The minimum absolute atomic E-state index is 0.382. The predicted molar refractivity (Wildman–Crippen MR) is 54.2 cm³/mol. The van der Waals surface area contributed by atoms with Crippen LogP contribution in [0.3, 0.4) is 0 Å². The third kappa shape index (κ3) is 3.69. The summed E-state index contributed by atoms with van der Waals surface area (Å²) >= 11 is 1.40. The van der Waals surface area contributed by atoms with Crippen LogP contribution in [0.15, 0.2) is 0 Å². The summed E-state index contributed by atoms with van der Waals surface area (Å²) in [4.78, 5) is 4.21. The first-order chi connectivity index (χ1) is 6.22. The average Bonchev–Trinajstić information content (AvgIpc) is 2.48. The first-order valence-electron chi connectivity index (χ1n) is 4.28. The van der Waals surface area contributed by atoms with Gasteiger partial charge in [0.2, 0.25) is 5.13 Å². The van der Waals surface area contributed by atoms with Gasteiger partial charge in [0.1, 0.15) is 5.82 Å². The van der Waals surface area contributed by atoms with Crippen LogP contribution < -0.4 is 5.32 Å². The molecular weight excluding hydrogens is 186 g/mol. The fourth-order valence-electron chi connectivity index (χ4n) is 0.933. The second kappa shape index (κ2) is 5.14. The van der Waals surface area contributed by atoms with Crippen molar-refractivity contribution in [2.45, 2.75) is 26.3 Å². The number of rotatable bonds is 5. The topological polar surface area (TPSA) is 47.0 Å². The van der Waals surface area contributed by atoms with Crippen molar-refractivity contribution in [1.82, 2.24) is 9.36 Å². The molecule has 0 aliphatic carbocycles. The second-order valence-electron chi connectivity index (χ2n) is 2.97. The average molecular weight is 201 g/mol. The zero-order valence-corrected chi connectivity index (χ0v) is 9.02. The van der Waals surface area contributed by atoms with Crippen molar-refractivity contribution in [3.63, 3.8) is 0 Å². The van der Waals surface area contributed by atoms with E-state index in [-0.39, 0.29) is 0 Å². The number of aryl methyl sites for hydroxylation is 1. The van der Waals surface area contributed by atoms with Crippen molar-refractivity contribution in [3.8, 4) is 0 Å². The van der Waals surface area contributed by atoms with E-state index in [0.29, 0.717) is 6.04 Å². The van der Waals surface area contributed by atoms with Crippen LogP contribution in [0.5, 0.6) is 0 Å². The Kier molecular flexibility index (Phi) is 4.11. The highest BCUT2D eigenvalue weighted by molar-refractivity contribution is 7.09. The molecule has 1 aromatic heterocycles. The van der Waals surface area contributed by atoms with Gasteiger partial charge in [0, 0.05) is 31.3 Å². The maximum Gasteiger partial charge on any atom is 0.202 e. The number of nitrogens with one attached hydrogen (secondary N) is 1. The molecule has 0 bridgehead atoms. The van der Waals surface area contributed by atoms with Crippen molar-refractivity contribution in [2.75, 3.05) is 19.0 Å². The lowest BCUT2D eigenvalue weighted by atomic mass is 10.2. The molecule has 74 valence electrons.